The van der Waals surface area contributed by atoms with Crippen LogP contribution in [0.25, 0.3) is 11.0 Å². The van der Waals surface area contributed by atoms with Crippen LogP contribution in [0, 0.1) is 5.82 Å². The molecule has 0 aliphatic rings. The van der Waals surface area contributed by atoms with Crippen molar-refractivity contribution in [2.75, 3.05) is 24.8 Å². The first-order valence-corrected chi connectivity index (χ1v) is 9.64. The number of methoxy groups -OCH3 is 1. The second kappa shape index (κ2) is 8.90. The highest BCUT2D eigenvalue weighted by atomic mass is 19.4. The molecule has 0 aliphatic carbocycles. The van der Waals surface area contributed by atoms with Gasteiger partial charge in [0.05, 0.1) is 12.0 Å². The third-order valence-corrected chi connectivity index (χ3v) is 4.65. The molecule has 4 N–H and O–H groups in total. The third-order valence-electron chi connectivity index (χ3n) is 4.65. The van der Waals surface area contributed by atoms with E-state index in [2.05, 4.69) is 25.3 Å². The lowest BCUT2D eigenvalue weighted by Gasteiger charge is -2.12. The minimum atomic E-state index is -4.70. The largest absolute Gasteiger partial charge is 0.453 e. The fraction of sp³-hybridized carbons (Fsp3) is 0.190. The molecule has 8 nitrogen and oxygen atoms in total. The number of benzene rings is 1. The number of fused-ring (bicyclic) bond motifs is 1. The van der Waals surface area contributed by atoms with Crippen LogP contribution in [-0.4, -0.2) is 33.7 Å². The van der Waals surface area contributed by atoms with Gasteiger partial charge in [0.25, 0.3) is 0 Å². The first kappa shape index (κ1) is 22.3. The summed E-state index contributed by atoms with van der Waals surface area (Å²) in [5.41, 5.74) is 5.77. The fourth-order valence-electron chi connectivity index (χ4n) is 3.19. The Morgan fingerprint density at radius 3 is 2.67 bits per heavy atom. The van der Waals surface area contributed by atoms with Crippen molar-refractivity contribution in [3.63, 3.8) is 0 Å². The molecule has 0 unspecified atom stereocenters. The van der Waals surface area contributed by atoms with Crippen molar-refractivity contribution in [1.29, 1.82) is 0 Å². The first-order valence-electron chi connectivity index (χ1n) is 9.64. The molecular formula is C21H18F4N6O2. The minimum absolute atomic E-state index is 0.0786. The van der Waals surface area contributed by atoms with Gasteiger partial charge in [0.1, 0.15) is 17.2 Å². The first-order chi connectivity index (χ1) is 15.7. The fourth-order valence-corrected chi connectivity index (χ4v) is 3.19. The summed E-state index contributed by atoms with van der Waals surface area (Å²) in [6, 6.07) is 6.15. The molecule has 172 valence electrons. The lowest BCUT2D eigenvalue weighted by molar-refractivity contribution is -0.141. The molecule has 0 atom stereocenters. The SMILES string of the molecule is COCCc1c[nH]c2nccc(Oc3ccc(Nc4cc(C(F)(F)F)nc(N)n4)cc3F)c12. The predicted octanol–water partition coefficient (Wildman–Crippen LogP) is 4.82. The molecule has 0 saturated heterocycles. The van der Waals surface area contributed by atoms with Crippen molar-refractivity contribution < 1.29 is 27.0 Å². The number of nitrogens with two attached hydrogens (primary N) is 1. The van der Waals surface area contributed by atoms with Gasteiger partial charge in [-0.15, -0.1) is 0 Å². The highest BCUT2D eigenvalue weighted by molar-refractivity contribution is 5.86. The number of H-pyrrole nitrogens is 1. The average Bonchev–Trinajstić information content (AvgIpc) is 3.17. The minimum Gasteiger partial charge on any atom is -0.453 e. The van der Waals surface area contributed by atoms with Crippen LogP contribution in [0.1, 0.15) is 11.3 Å². The summed E-state index contributed by atoms with van der Waals surface area (Å²) in [6.07, 6.45) is -0.784. The number of ether oxygens (including phenoxy) is 2. The number of aromatic amines is 1. The van der Waals surface area contributed by atoms with Gasteiger partial charge in [-0.3, -0.25) is 0 Å². The van der Waals surface area contributed by atoms with Crippen molar-refractivity contribution in [2.24, 2.45) is 0 Å². The molecule has 0 amide bonds. The monoisotopic (exact) mass is 462 g/mol. The maximum atomic E-state index is 14.8. The highest BCUT2D eigenvalue weighted by Crippen LogP contribution is 2.34. The van der Waals surface area contributed by atoms with Gasteiger partial charge in [0.2, 0.25) is 5.95 Å². The molecular weight excluding hydrogens is 444 g/mol. The van der Waals surface area contributed by atoms with Gasteiger partial charge in [0, 0.05) is 37.3 Å². The molecule has 33 heavy (non-hydrogen) atoms. The van der Waals surface area contributed by atoms with E-state index in [1.807, 2.05) is 0 Å². The molecule has 0 saturated carbocycles. The standard InChI is InChI=1S/C21H18F4N6O2/c1-32-7-5-11-10-28-19-18(11)15(4-6-27-19)33-14-3-2-12(8-13(14)22)29-17-9-16(21(23,24)25)30-20(26)31-17/h2-4,6,8-10H,5,7H2,1H3,(H,27,28)(H3,26,29,30,31). The Kier molecular flexibility index (Phi) is 6.01. The van der Waals surface area contributed by atoms with Crippen molar-refractivity contribution >= 4 is 28.5 Å². The van der Waals surface area contributed by atoms with Crippen LogP contribution in [0.3, 0.4) is 0 Å². The summed E-state index contributed by atoms with van der Waals surface area (Å²) in [6.45, 7) is 0.486. The summed E-state index contributed by atoms with van der Waals surface area (Å²) in [5.74, 6) is -1.22. The van der Waals surface area contributed by atoms with Gasteiger partial charge in [-0.1, -0.05) is 0 Å². The van der Waals surface area contributed by atoms with E-state index in [1.165, 1.54) is 18.3 Å². The summed E-state index contributed by atoms with van der Waals surface area (Å²) < 4.78 is 64.5. The summed E-state index contributed by atoms with van der Waals surface area (Å²) >= 11 is 0. The number of pyridine rings is 1. The smallest absolute Gasteiger partial charge is 0.433 e. The number of anilines is 3. The van der Waals surface area contributed by atoms with E-state index >= 15 is 0 Å². The van der Waals surface area contributed by atoms with Gasteiger partial charge in [-0.05, 0) is 30.2 Å². The Morgan fingerprint density at radius 2 is 1.94 bits per heavy atom. The zero-order valence-electron chi connectivity index (χ0n) is 17.2. The summed E-state index contributed by atoms with van der Waals surface area (Å²) in [4.78, 5) is 14.2. The lowest BCUT2D eigenvalue weighted by Crippen LogP contribution is -2.12. The van der Waals surface area contributed by atoms with E-state index in [0.29, 0.717) is 35.9 Å². The number of alkyl halides is 3. The Morgan fingerprint density at radius 1 is 1.12 bits per heavy atom. The number of nitrogens with zero attached hydrogens (tertiary/aromatic N) is 3. The van der Waals surface area contributed by atoms with Crippen LogP contribution < -0.4 is 15.8 Å². The molecule has 3 aromatic heterocycles. The van der Waals surface area contributed by atoms with E-state index in [1.54, 1.807) is 19.4 Å². The molecule has 0 spiro atoms. The molecule has 3 heterocycles. The van der Waals surface area contributed by atoms with Crippen molar-refractivity contribution in [1.82, 2.24) is 19.9 Å². The third kappa shape index (κ3) is 4.95. The zero-order valence-corrected chi connectivity index (χ0v) is 17.2. The molecule has 0 radical (unpaired) electrons. The van der Waals surface area contributed by atoms with Gasteiger partial charge < -0.3 is 25.5 Å². The quantitative estimate of drug-likeness (QED) is 0.338. The van der Waals surface area contributed by atoms with E-state index in [-0.39, 0.29) is 17.3 Å². The Hall–Kier alpha value is -3.93. The predicted molar refractivity (Wildman–Crippen MR) is 113 cm³/mol. The second-order valence-corrected chi connectivity index (χ2v) is 6.96. The zero-order chi connectivity index (χ0) is 23.6. The summed E-state index contributed by atoms with van der Waals surface area (Å²) in [7, 11) is 1.59. The molecule has 0 aliphatic heterocycles. The van der Waals surface area contributed by atoms with Crippen LogP contribution >= 0.6 is 0 Å². The number of hydrogen-bond acceptors (Lipinski definition) is 7. The lowest BCUT2D eigenvalue weighted by atomic mass is 10.1. The molecule has 4 aromatic rings. The molecule has 12 heteroatoms. The van der Waals surface area contributed by atoms with E-state index in [9.17, 15) is 17.6 Å². The van der Waals surface area contributed by atoms with Gasteiger partial charge in [-0.2, -0.15) is 18.2 Å². The Labute approximate surface area is 184 Å². The maximum Gasteiger partial charge on any atom is 0.433 e. The van der Waals surface area contributed by atoms with Gasteiger partial charge in [-0.25, -0.2) is 14.4 Å². The number of rotatable bonds is 7. The summed E-state index contributed by atoms with van der Waals surface area (Å²) in [5, 5.41) is 3.29. The number of halogens is 4. The highest BCUT2D eigenvalue weighted by Gasteiger charge is 2.33. The average molecular weight is 462 g/mol. The number of nitrogens with one attached hydrogen (secondary N) is 2. The van der Waals surface area contributed by atoms with Gasteiger partial charge >= 0.3 is 6.18 Å². The second-order valence-electron chi connectivity index (χ2n) is 6.96. The Balaban J connectivity index is 1.58. The topological polar surface area (TPSA) is 111 Å². The van der Waals surface area contributed by atoms with Crippen LogP contribution in [0.2, 0.25) is 0 Å². The molecule has 0 bridgehead atoms. The number of aromatic nitrogens is 4. The van der Waals surface area contributed by atoms with Crippen LogP contribution in [-0.2, 0) is 17.3 Å². The van der Waals surface area contributed by atoms with Crippen molar-refractivity contribution in [3.05, 3.63) is 59.8 Å². The van der Waals surface area contributed by atoms with Crippen LogP contribution in [0.5, 0.6) is 11.5 Å². The normalized spacial score (nSPS) is 11.7. The van der Waals surface area contributed by atoms with Crippen molar-refractivity contribution in [3.8, 4) is 11.5 Å². The van der Waals surface area contributed by atoms with E-state index in [0.717, 1.165) is 11.6 Å². The molecule has 0 fully saturated rings. The number of hydrogen-bond donors (Lipinski definition) is 3. The van der Waals surface area contributed by atoms with Crippen molar-refractivity contribution in [2.45, 2.75) is 12.6 Å². The van der Waals surface area contributed by atoms with E-state index in [4.69, 9.17) is 15.2 Å². The molecule has 4 rings (SSSR count). The maximum absolute atomic E-state index is 14.8. The van der Waals surface area contributed by atoms with Crippen LogP contribution in [0.15, 0.2) is 42.7 Å². The van der Waals surface area contributed by atoms with Crippen LogP contribution in [0.4, 0.5) is 35.0 Å². The molecule has 1 aromatic carbocycles. The van der Waals surface area contributed by atoms with E-state index < -0.39 is 23.6 Å². The van der Waals surface area contributed by atoms with Gasteiger partial charge in [0.15, 0.2) is 17.3 Å². The Bertz CT molecular complexity index is 1290. The number of nitrogen functional groups attached to an aromatic ring is 1.